The van der Waals surface area contributed by atoms with Crippen LogP contribution < -0.4 is 0 Å². The first-order valence-electron chi connectivity index (χ1n) is 12.0. The van der Waals surface area contributed by atoms with E-state index in [4.69, 9.17) is 0 Å². The van der Waals surface area contributed by atoms with Crippen LogP contribution in [0.5, 0.6) is 5.75 Å². The minimum Gasteiger partial charge on any atom is -0.508 e. The molecule has 2 atom stereocenters. The molecular weight excluding hydrogens is 410 g/mol. The molecule has 4 heteroatoms. The van der Waals surface area contributed by atoms with Gasteiger partial charge in [0.05, 0.1) is 0 Å². The molecule has 3 N–H and O–H groups in total. The van der Waals surface area contributed by atoms with E-state index in [-0.39, 0.29) is 11.8 Å². The number of aromatic hydroxyl groups is 1. The lowest BCUT2D eigenvalue weighted by atomic mass is 9.74. The lowest BCUT2D eigenvalue weighted by Crippen LogP contribution is -2.61. The van der Waals surface area contributed by atoms with E-state index in [0.717, 1.165) is 47.9 Å². The third kappa shape index (κ3) is 4.31. The maximum absolute atomic E-state index is 12.5. The zero-order chi connectivity index (χ0) is 23.5. The third-order valence-corrected chi connectivity index (χ3v) is 7.15. The Balaban J connectivity index is 1.88. The minimum absolute atomic E-state index is 0.220. The van der Waals surface area contributed by atoms with E-state index in [0.29, 0.717) is 13.0 Å². The molecule has 3 aromatic rings. The van der Waals surface area contributed by atoms with E-state index < -0.39 is 11.3 Å². The number of aliphatic hydroxyl groups is 2. The fourth-order valence-corrected chi connectivity index (χ4v) is 5.45. The number of phenols is 1. The molecule has 0 aromatic heterocycles. The van der Waals surface area contributed by atoms with E-state index in [1.165, 1.54) is 0 Å². The van der Waals surface area contributed by atoms with Crippen molar-refractivity contribution in [1.29, 1.82) is 0 Å². The predicted molar refractivity (Wildman–Crippen MR) is 132 cm³/mol. The second-order valence-electron chi connectivity index (χ2n) is 9.27. The monoisotopic (exact) mass is 445 g/mol. The quantitative estimate of drug-likeness (QED) is 0.453. The van der Waals surface area contributed by atoms with Crippen LogP contribution in [0.4, 0.5) is 0 Å². The van der Waals surface area contributed by atoms with Gasteiger partial charge in [0.1, 0.15) is 17.1 Å². The summed E-state index contributed by atoms with van der Waals surface area (Å²) in [7, 11) is 0. The highest BCUT2D eigenvalue weighted by Gasteiger charge is 2.50. The zero-order valence-electron chi connectivity index (χ0n) is 19.6. The largest absolute Gasteiger partial charge is 0.508 e. The fourth-order valence-electron chi connectivity index (χ4n) is 5.45. The van der Waals surface area contributed by atoms with Gasteiger partial charge in [0.2, 0.25) is 0 Å². The average molecular weight is 446 g/mol. The van der Waals surface area contributed by atoms with Gasteiger partial charge in [0.15, 0.2) is 0 Å². The van der Waals surface area contributed by atoms with Crippen LogP contribution in [-0.2, 0) is 11.3 Å². The van der Waals surface area contributed by atoms with Crippen molar-refractivity contribution in [3.8, 4) is 5.75 Å². The van der Waals surface area contributed by atoms with Gasteiger partial charge < -0.3 is 15.3 Å². The Labute approximate surface area is 197 Å². The number of rotatable bonds is 7. The number of aryl methyl sites for hydroxylation is 1. The van der Waals surface area contributed by atoms with Crippen molar-refractivity contribution in [3.63, 3.8) is 0 Å². The molecule has 1 fully saturated rings. The smallest absolute Gasteiger partial charge is 0.144 e. The average Bonchev–Trinajstić information content (AvgIpc) is 2.86. The van der Waals surface area contributed by atoms with Crippen molar-refractivity contribution in [3.05, 3.63) is 101 Å². The molecule has 0 bridgehead atoms. The maximum Gasteiger partial charge on any atom is 0.144 e. The third-order valence-electron chi connectivity index (χ3n) is 7.15. The Bertz CT molecular complexity index is 1010. The number of benzene rings is 3. The number of phenolic OH excluding ortho intramolecular Hbond substituents is 1. The van der Waals surface area contributed by atoms with Gasteiger partial charge in [-0.1, -0.05) is 86.5 Å². The van der Waals surface area contributed by atoms with Crippen molar-refractivity contribution in [2.75, 3.05) is 6.54 Å². The van der Waals surface area contributed by atoms with Crippen LogP contribution in [0.25, 0.3) is 0 Å². The molecule has 1 aliphatic heterocycles. The Morgan fingerprint density at radius 3 is 2.00 bits per heavy atom. The van der Waals surface area contributed by atoms with Gasteiger partial charge in [0, 0.05) is 12.6 Å². The van der Waals surface area contributed by atoms with E-state index in [1.807, 2.05) is 79.7 Å². The molecule has 2 unspecified atom stereocenters. The first-order chi connectivity index (χ1) is 15.9. The van der Waals surface area contributed by atoms with E-state index in [2.05, 4.69) is 11.8 Å². The van der Waals surface area contributed by atoms with Crippen molar-refractivity contribution in [2.24, 2.45) is 0 Å². The molecule has 4 nitrogen and oxygen atoms in total. The number of hydrogen-bond donors (Lipinski definition) is 3. The normalized spacial score (nSPS) is 19.2. The summed E-state index contributed by atoms with van der Waals surface area (Å²) in [6.07, 6.45) is 4.03. The van der Waals surface area contributed by atoms with Gasteiger partial charge in [-0.2, -0.15) is 0 Å². The minimum atomic E-state index is -1.28. The molecule has 0 spiro atoms. The standard InChI is InChI=1S/C29H35NO3/c1-3-19-28(32,25-17-18-26(31)22(2)21-25)30-20-11-10-16-27(30)29(33,23-12-6-4-7-13-23)24-14-8-5-9-15-24/h4-9,12-15,17-18,21,27,31-33H,3,10-11,16,19-20H2,1-2H3. The molecule has 0 amide bonds. The Morgan fingerprint density at radius 1 is 0.848 bits per heavy atom. The van der Waals surface area contributed by atoms with Crippen molar-refractivity contribution in [2.45, 2.75) is 63.3 Å². The topological polar surface area (TPSA) is 63.9 Å². The maximum atomic E-state index is 12.5. The summed E-state index contributed by atoms with van der Waals surface area (Å²) in [5.74, 6) is 0.220. The summed E-state index contributed by atoms with van der Waals surface area (Å²) in [5, 5.41) is 34.9. The van der Waals surface area contributed by atoms with Gasteiger partial charge in [-0.25, -0.2) is 0 Å². The summed E-state index contributed by atoms with van der Waals surface area (Å²) in [5.41, 5.74) is 0.613. The summed E-state index contributed by atoms with van der Waals surface area (Å²) in [6.45, 7) is 4.60. The molecule has 33 heavy (non-hydrogen) atoms. The molecule has 1 heterocycles. The van der Waals surface area contributed by atoms with E-state index in [1.54, 1.807) is 6.07 Å². The SMILES string of the molecule is CCCC(O)(c1ccc(O)c(C)c1)N1CCCCC1C(O)(c1ccccc1)c1ccccc1. The molecule has 3 aromatic carbocycles. The van der Waals surface area contributed by atoms with Gasteiger partial charge in [0.25, 0.3) is 0 Å². The lowest BCUT2D eigenvalue weighted by Gasteiger charge is -2.52. The van der Waals surface area contributed by atoms with Crippen LogP contribution in [0.1, 0.15) is 61.3 Å². The lowest BCUT2D eigenvalue weighted by molar-refractivity contribution is -0.186. The van der Waals surface area contributed by atoms with Gasteiger partial charge >= 0.3 is 0 Å². The van der Waals surface area contributed by atoms with Crippen LogP contribution in [0.2, 0.25) is 0 Å². The molecule has 4 rings (SSSR count). The number of nitrogens with zero attached hydrogens (tertiary/aromatic N) is 1. The Hall–Kier alpha value is -2.66. The molecule has 0 aliphatic carbocycles. The van der Waals surface area contributed by atoms with E-state index >= 15 is 0 Å². The summed E-state index contributed by atoms with van der Waals surface area (Å²) in [4.78, 5) is 2.12. The molecule has 0 saturated carbocycles. The first-order valence-corrected chi connectivity index (χ1v) is 12.0. The number of likely N-dealkylation sites (tertiary alicyclic amines) is 1. The molecule has 0 radical (unpaired) electrons. The molecular formula is C29H35NO3. The van der Waals surface area contributed by atoms with Crippen molar-refractivity contribution < 1.29 is 15.3 Å². The zero-order valence-corrected chi connectivity index (χ0v) is 19.6. The molecule has 1 saturated heterocycles. The second-order valence-corrected chi connectivity index (χ2v) is 9.27. The van der Waals surface area contributed by atoms with Gasteiger partial charge in [-0.15, -0.1) is 0 Å². The fraction of sp³-hybridized carbons (Fsp3) is 0.379. The highest BCUT2D eigenvalue weighted by Crippen LogP contribution is 2.45. The summed E-state index contributed by atoms with van der Waals surface area (Å²) >= 11 is 0. The van der Waals surface area contributed by atoms with Crippen LogP contribution in [0.15, 0.2) is 78.9 Å². The van der Waals surface area contributed by atoms with Crippen LogP contribution in [0, 0.1) is 6.92 Å². The predicted octanol–water partition coefficient (Wildman–Crippen LogP) is 5.44. The van der Waals surface area contributed by atoms with Crippen LogP contribution in [-0.4, -0.2) is 32.8 Å². The second kappa shape index (κ2) is 9.68. The molecule has 174 valence electrons. The van der Waals surface area contributed by atoms with Crippen LogP contribution in [0.3, 0.4) is 0 Å². The summed E-state index contributed by atoms with van der Waals surface area (Å²) < 4.78 is 0. The first kappa shape index (κ1) is 23.5. The number of piperidine rings is 1. The Kier molecular flexibility index (Phi) is 6.89. The highest BCUT2D eigenvalue weighted by atomic mass is 16.3. The highest BCUT2D eigenvalue weighted by molar-refractivity contribution is 5.40. The van der Waals surface area contributed by atoms with Gasteiger partial charge in [-0.05, 0) is 60.6 Å². The summed E-state index contributed by atoms with van der Waals surface area (Å²) in [6, 6.07) is 24.7. The molecule has 1 aliphatic rings. The Morgan fingerprint density at radius 2 is 1.45 bits per heavy atom. The van der Waals surface area contributed by atoms with E-state index in [9.17, 15) is 15.3 Å². The number of hydrogen-bond acceptors (Lipinski definition) is 4. The van der Waals surface area contributed by atoms with Crippen molar-refractivity contribution >= 4 is 0 Å². The van der Waals surface area contributed by atoms with Crippen molar-refractivity contribution in [1.82, 2.24) is 4.90 Å². The van der Waals surface area contributed by atoms with Crippen LogP contribution >= 0.6 is 0 Å². The van der Waals surface area contributed by atoms with Gasteiger partial charge in [-0.3, -0.25) is 4.90 Å².